The molecule has 82 valence electrons. The zero-order valence-electron chi connectivity index (χ0n) is 8.57. The quantitative estimate of drug-likeness (QED) is 0.775. The zero-order chi connectivity index (χ0) is 11.5. The third kappa shape index (κ3) is 2.10. The van der Waals surface area contributed by atoms with Crippen molar-refractivity contribution in [2.45, 2.75) is 0 Å². The summed E-state index contributed by atoms with van der Waals surface area (Å²) in [6.07, 6.45) is 0.825. The van der Waals surface area contributed by atoms with Gasteiger partial charge in [-0.25, -0.2) is 0 Å². The number of aldehydes is 1. The number of carbonyl (C=O) groups excluding carboxylic acids is 1. The Kier molecular flexibility index (Phi) is 3.27. The number of rotatable bonds is 3. The monoisotopic (exact) mass is 252 g/mol. The molecule has 0 aliphatic rings. The van der Waals surface area contributed by atoms with E-state index < -0.39 is 0 Å². The number of ether oxygens (including phenoxy) is 1. The van der Waals surface area contributed by atoms with Crippen LogP contribution >= 0.6 is 22.9 Å². The van der Waals surface area contributed by atoms with Crippen LogP contribution in [0.3, 0.4) is 0 Å². The molecular formula is C12H9ClO2S. The number of hydrogen-bond acceptors (Lipinski definition) is 3. The Hall–Kier alpha value is -1.32. The summed E-state index contributed by atoms with van der Waals surface area (Å²) in [5, 5.41) is 0. The second-order valence-corrected chi connectivity index (χ2v) is 4.89. The van der Waals surface area contributed by atoms with Gasteiger partial charge in [0.1, 0.15) is 5.75 Å². The Morgan fingerprint density at radius 3 is 2.69 bits per heavy atom. The molecule has 0 bridgehead atoms. The van der Waals surface area contributed by atoms with E-state index in [0.29, 0.717) is 15.6 Å². The first-order valence-electron chi connectivity index (χ1n) is 4.63. The minimum atomic E-state index is 0.609. The predicted molar refractivity (Wildman–Crippen MR) is 66.7 cm³/mol. The highest BCUT2D eigenvalue weighted by atomic mass is 35.5. The molecule has 0 spiro atoms. The van der Waals surface area contributed by atoms with Gasteiger partial charge in [-0.05, 0) is 30.3 Å². The first-order chi connectivity index (χ1) is 7.74. The van der Waals surface area contributed by atoms with Crippen LogP contribution in [0, 0.1) is 0 Å². The van der Waals surface area contributed by atoms with Crippen LogP contribution in [-0.2, 0) is 0 Å². The fourth-order valence-electron chi connectivity index (χ4n) is 1.45. The summed E-state index contributed by atoms with van der Waals surface area (Å²) in [6, 6.07) is 9.14. The smallest absolute Gasteiger partial charge is 0.150 e. The highest BCUT2D eigenvalue weighted by molar-refractivity contribution is 7.19. The van der Waals surface area contributed by atoms with Gasteiger partial charge in [0, 0.05) is 16.0 Å². The van der Waals surface area contributed by atoms with Crippen molar-refractivity contribution in [2.24, 2.45) is 0 Å². The highest BCUT2D eigenvalue weighted by Gasteiger charge is 2.08. The number of halogens is 1. The van der Waals surface area contributed by atoms with Gasteiger partial charge >= 0.3 is 0 Å². The molecule has 0 aliphatic carbocycles. The first-order valence-corrected chi connectivity index (χ1v) is 5.83. The third-order valence-electron chi connectivity index (χ3n) is 2.22. The number of benzene rings is 1. The SMILES string of the molecule is COc1ccc(-c2ccc(Cl)s2)c(C=O)c1. The second-order valence-electron chi connectivity index (χ2n) is 3.17. The number of carbonyl (C=O) groups is 1. The molecule has 0 saturated carbocycles. The van der Waals surface area contributed by atoms with E-state index in [2.05, 4.69) is 0 Å². The van der Waals surface area contributed by atoms with Gasteiger partial charge in [0.25, 0.3) is 0 Å². The summed E-state index contributed by atoms with van der Waals surface area (Å²) in [5.41, 5.74) is 1.49. The van der Waals surface area contributed by atoms with Crippen LogP contribution in [0.2, 0.25) is 4.34 Å². The lowest BCUT2D eigenvalue weighted by Gasteiger charge is -2.05. The van der Waals surface area contributed by atoms with Crippen LogP contribution in [0.1, 0.15) is 10.4 Å². The minimum Gasteiger partial charge on any atom is -0.497 e. The molecule has 1 heterocycles. The molecule has 1 aromatic carbocycles. The van der Waals surface area contributed by atoms with Crippen LogP contribution in [-0.4, -0.2) is 13.4 Å². The second kappa shape index (κ2) is 4.68. The highest BCUT2D eigenvalue weighted by Crippen LogP contribution is 2.33. The van der Waals surface area contributed by atoms with E-state index in [0.717, 1.165) is 16.7 Å². The van der Waals surface area contributed by atoms with Crippen molar-refractivity contribution in [3.63, 3.8) is 0 Å². The largest absolute Gasteiger partial charge is 0.497 e. The van der Waals surface area contributed by atoms with E-state index in [4.69, 9.17) is 16.3 Å². The van der Waals surface area contributed by atoms with Gasteiger partial charge in [0.15, 0.2) is 6.29 Å². The van der Waals surface area contributed by atoms with Crippen molar-refractivity contribution in [3.8, 4) is 16.2 Å². The molecule has 0 aliphatic heterocycles. The van der Waals surface area contributed by atoms with Crippen molar-refractivity contribution < 1.29 is 9.53 Å². The van der Waals surface area contributed by atoms with Crippen molar-refractivity contribution in [2.75, 3.05) is 7.11 Å². The molecule has 2 nitrogen and oxygen atoms in total. The van der Waals surface area contributed by atoms with Crippen molar-refractivity contribution in [1.29, 1.82) is 0 Å². The molecule has 0 saturated heterocycles. The molecule has 2 aromatic rings. The molecule has 16 heavy (non-hydrogen) atoms. The molecule has 0 N–H and O–H groups in total. The summed E-state index contributed by atoms with van der Waals surface area (Å²) >= 11 is 7.32. The molecule has 0 unspecified atom stereocenters. The fraction of sp³-hybridized carbons (Fsp3) is 0.0833. The molecular weight excluding hydrogens is 244 g/mol. The van der Waals surface area contributed by atoms with Gasteiger partial charge in [-0.2, -0.15) is 0 Å². The normalized spacial score (nSPS) is 10.1. The Balaban J connectivity index is 2.52. The van der Waals surface area contributed by atoms with Crippen LogP contribution in [0.5, 0.6) is 5.75 Å². The standard InChI is InChI=1S/C12H9ClO2S/c1-15-9-2-3-10(8(6-9)7-14)11-4-5-12(13)16-11/h2-7H,1H3. The summed E-state index contributed by atoms with van der Waals surface area (Å²) in [7, 11) is 1.57. The van der Waals surface area contributed by atoms with Gasteiger partial charge < -0.3 is 4.74 Å². The molecule has 0 fully saturated rings. The van der Waals surface area contributed by atoms with Gasteiger partial charge in [-0.15, -0.1) is 11.3 Å². The van der Waals surface area contributed by atoms with Crippen LogP contribution in [0.15, 0.2) is 30.3 Å². The molecule has 2 rings (SSSR count). The summed E-state index contributed by atoms with van der Waals surface area (Å²) < 4.78 is 5.78. The lowest BCUT2D eigenvalue weighted by molar-refractivity contribution is 0.112. The molecule has 4 heteroatoms. The number of hydrogen-bond donors (Lipinski definition) is 0. The number of methoxy groups -OCH3 is 1. The topological polar surface area (TPSA) is 26.3 Å². The van der Waals surface area contributed by atoms with Gasteiger partial charge in [-0.3, -0.25) is 4.79 Å². The first kappa shape index (κ1) is 11.2. The van der Waals surface area contributed by atoms with E-state index in [1.165, 1.54) is 11.3 Å². The molecule has 0 amide bonds. The van der Waals surface area contributed by atoms with Gasteiger partial charge in [-0.1, -0.05) is 11.6 Å². The zero-order valence-corrected chi connectivity index (χ0v) is 10.1. The summed E-state index contributed by atoms with van der Waals surface area (Å²) in [4.78, 5) is 12.0. The summed E-state index contributed by atoms with van der Waals surface area (Å²) in [6.45, 7) is 0. The van der Waals surface area contributed by atoms with E-state index in [9.17, 15) is 4.79 Å². The predicted octanol–water partition coefficient (Wildman–Crippen LogP) is 3.89. The van der Waals surface area contributed by atoms with Gasteiger partial charge in [0.05, 0.1) is 11.4 Å². The Labute approximate surface area is 102 Å². The fourth-order valence-corrected chi connectivity index (χ4v) is 2.54. The lowest BCUT2D eigenvalue weighted by atomic mass is 10.1. The Morgan fingerprint density at radius 2 is 2.12 bits per heavy atom. The maximum Gasteiger partial charge on any atom is 0.150 e. The van der Waals surface area contributed by atoms with Crippen molar-refractivity contribution in [1.82, 2.24) is 0 Å². The van der Waals surface area contributed by atoms with E-state index >= 15 is 0 Å². The maximum atomic E-state index is 11.0. The van der Waals surface area contributed by atoms with Crippen LogP contribution < -0.4 is 4.74 Å². The van der Waals surface area contributed by atoms with Crippen molar-refractivity contribution in [3.05, 3.63) is 40.2 Å². The van der Waals surface area contributed by atoms with E-state index in [1.54, 1.807) is 13.2 Å². The molecule has 0 radical (unpaired) electrons. The summed E-state index contributed by atoms with van der Waals surface area (Å²) in [5.74, 6) is 0.675. The average Bonchev–Trinajstić information content (AvgIpc) is 2.74. The van der Waals surface area contributed by atoms with Crippen LogP contribution in [0.4, 0.5) is 0 Å². The Morgan fingerprint density at radius 1 is 1.31 bits per heavy atom. The Bertz CT molecular complexity index is 519. The molecule has 0 atom stereocenters. The van der Waals surface area contributed by atoms with Gasteiger partial charge in [0.2, 0.25) is 0 Å². The minimum absolute atomic E-state index is 0.609. The van der Waals surface area contributed by atoms with E-state index in [1.807, 2.05) is 24.3 Å². The lowest BCUT2D eigenvalue weighted by Crippen LogP contribution is -1.89. The average molecular weight is 253 g/mol. The van der Waals surface area contributed by atoms with Crippen molar-refractivity contribution >= 4 is 29.2 Å². The third-order valence-corrected chi connectivity index (χ3v) is 3.49. The van der Waals surface area contributed by atoms with Crippen LogP contribution in [0.25, 0.3) is 10.4 Å². The maximum absolute atomic E-state index is 11.0. The molecule has 1 aromatic heterocycles. The number of thiophene rings is 1. The van der Waals surface area contributed by atoms with E-state index in [-0.39, 0.29) is 0 Å².